The van der Waals surface area contributed by atoms with E-state index in [-0.39, 0.29) is 5.16 Å². The largest absolute Gasteiger partial charge is 0.472 e. The van der Waals surface area contributed by atoms with Gasteiger partial charge in [-0.05, 0) is 12.5 Å². The molecule has 0 saturated carbocycles. The lowest BCUT2D eigenvalue weighted by Crippen LogP contribution is -2.07. The Morgan fingerprint density at radius 3 is 2.76 bits per heavy atom. The van der Waals surface area contributed by atoms with Gasteiger partial charge in [0.15, 0.2) is 5.82 Å². The highest BCUT2D eigenvalue weighted by Gasteiger charge is 2.23. The number of hydrogen-bond donors (Lipinski definition) is 0. The van der Waals surface area contributed by atoms with Crippen molar-refractivity contribution in [3.8, 4) is 11.4 Å². The molecule has 0 aliphatic carbocycles. The molecule has 92 valence electrons. The molecule has 0 fully saturated rings. The Balaban J connectivity index is 2.59. The second-order valence-corrected chi connectivity index (χ2v) is 5.87. The fourth-order valence-corrected chi connectivity index (χ4v) is 2.42. The fourth-order valence-electron chi connectivity index (χ4n) is 1.50. The molecule has 0 bridgehead atoms. The first-order valence-corrected chi connectivity index (χ1v) is 7.25. The molecule has 6 nitrogen and oxygen atoms in total. The van der Waals surface area contributed by atoms with Crippen molar-refractivity contribution in [3.05, 3.63) is 18.6 Å². The van der Waals surface area contributed by atoms with Crippen LogP contribution >= 0.6 is 10.7 Å². The molecule has 0 aliphatic heterocycles. The Kier molecular flexibility index (Phi) is 3.21. The maximum absolute atomic E-state index is 11.3. The molecule has 0 amide bonds. The Bertz CT molecular complexity index is 603. The molecule has 2 heterocycles. The number of halogens is 1. The quantitative estimate of drug-likeness (QED) is 0.796. The predicted molar refractivity (Wildman–Crippen MR) is 61.1 cm³/mol. The summed E-state index contributed by atoms with van der Waals surface area (Å²) in [5, 5.41) is 7.21. The smallest absolute Gasteiger partial charge is 0.296 e. The minimum Gasteiger partial charge on any atom is -0.472 e. The van der Waals surface area contributed by atoms with E-state index >= 15 is 0 Å². The van der Waals surface area contributed by atoms with Crippen LogP contribution < -0.4 is 0 Å². The van der Waals surface area contributed by atoms with Crippen LogP contribution in [0.1, 0.15) is 13.3 Å². The van der Waals surface area contributed by atoms with E-state index in [1.54, 1.807) is 6.07 Å². The van der Waals surface area contributed by atoms with Crippen LogP contribution in [0.3, 0.4) is 0 Å². The lowest BCUT2D eigenvalue weighted by Gasteiger charge is -2.05. The predicted octanol–water partition coefficient (Wildman–Crippen LogP) is 1.88. The van der Waals surface area contributed by atoms with Crippen molar-refractivity contribution < 1.29 is 12.8 Å². The van der Waals surface area contributed by atoms with Gasteiger partial charge in [-0.1, -0.05) is 6.92 Å². The summed E-state index contributed by atoms with van der Waals surface area (Å²) in [6.45, 7) is 2.39. The Hall–Kier alpha value is -1.34. The van der Waals surface area contributed by atoms with E-state index in [1.807, 2.05) is 6.92 Å². The average Bonchev–Trinajstić information content (AvgIpc) is 2.82. The Labute approximate surface area is 103 Å². The van der Waals surface area contributed by atoms with Crippen LogP contribution in [-0.4, -0.2) is 23.2 Å². The van der Waals surface area contributed by atoms with Crippen molar-refractivity contribution in [3.63, 3.8) is 0 Å². The summed E-state index contributed by atoms with van der Waals surface area (Å²) >= 11 is 0. The van der Waals surface area contributed by atoms with Gasteiger partial charge in [0.05, 0.1) is 11.8 Å². The standard InChI is InChI=1S/C9H10ClN3O3S/c1-2-4-13-8(7-3-5-16-6-7)11-12-9(13)17(10,14)15/h3,5-6H,2,4H2,1H3. The Morgan fingerprint density at radius 1 is 1.47 bits per heavy atom. The van der Waals surface area contributed by atoms with E-state index in [1.165, 1.54) is 17.1 Å². The second kappa shape index (κ2) is 4.50. The summed E-state index contributed by atoms with van der Waals surface area (Å²) in [7, 11) is 1.40. The normalized spacial score (nSPS) is 11.9. The lowest BCUT2D eigenvalue weighted by atomic mass is 10.3. The topological polar surface area (TPSA) is 78.0 Å². The zero-order chi connectivity index (χ0) is 12.5. The molecule has 0 aliphatic rings. The molecule has 0 unspecified atom stereocenters. The number of nitrogens with zero attached hydrogens (tertiary/aromatic N) is 3. The summed E-state index contributed by atoms with van der Waals surface area (Å²) < 4.78 is 29.1. The monoisotopic (exact) mass is 275 g/mol. The van der Waals surface area contributed by atoms with Crippen LogP contribution in [0.5, 0.6) is 0 Å². The molecule has 8 heteroatoms. The molecule has 2 aromatic heterocycles. The van der Waals surface area contributed by atoms with E-state index in [0.29, 0.717) is 17.9 Å². The SMILES string of the molecule is CCCn1c(-c2ccoc2)nnc1S(=O)(=O)Cl. The van der Waals surface area contributed by atoms with Crippen molar-refractivity contribution in [1.29, 1.82) is 0 Å². The number of rotatable bonds is 4. The number of furan rings is 1. The van der Waals surface area contributed by atoms with Gasteiger partial charge in [0.25, 0.3) is 14.2 Å². The van der Waals surface area contributed by atoms with Crippen molar-refractivity contribution in [2.24, 2.45) is 0 Å². The van der Waals surface area contributed by atoms with Crippen LogP contribution in [-0.2, 0) is 15.6 Å². The van der Waals surface area contributed by atoms with Gasteiger partial charge < -0.3 is 4.42 Å². The van der Waals surface area contributed by atoms with Gasteiger partial charge in [0.1, 0.15) is 6.26 Å². The molecule has 0 atom stereocenters. The summed E-state index contributed by atoms with van der Waals surface area (Å²) in [5.41, 5.74) is 0.664. The summed E-state index contributed by atoms with van der Waals surface area (Å²) in [5.74, 6) is 0.430. The fraction of sp³-hybridized carbons (Fsp3) is 0.333. The minimum absolute atomic E-state index is 0.239. The average molecular weight is 276 g/mol. The van der Waals surface area contributed by atoms with Crippen molar-refractivity contribution in [2.45, 2.75) is 25.0 Å². The maximum atomic E-state index is 11.3. The van der Waals surface area contributed by atoms with Crippen LogP contribution in [0.15, 0.2) is 28.2 Å². The van der Waals surface area contributed by atoms with E-state index in [4.69, 9.17) is 15.1 Å². The van der Waals surface area contributed by atoms with E-state index in [9.17, 15) is 8.42 Å². The molecule has 0 saturated heterocycles. The van der Waals surface area contributed by atoms with E-state index in [2.05, 4.69) is 10.2 Å². The van der Waals surface area contributed by atoms with Crippen molar-refractivity contribution in [1.82, 2.24) is 14.8 Å². The van der Waals surface area contributed by atoms with Crippen molar-refractivity contribution >= 4 is 19.7 Å². The van der Waals surface area contributed by atoms with Gasteiger partial charge in [0, 0.05) is 17.2 Å². The van der Waals surface area contributed by atoms with Gasteiger partial charge in [0.2, 0.25) is 0 Å². The van der Waals surface area contributed by atoms with Gasteiger partial charge in [-0.25, -0.2) is 8.42 Å². The van der Waals surface area contributed by atoms with Crippen LogP contribution in [0.4, 0.5) is 0 Å². The number of hydrogen-bond acceptors (Lipinski definition) is 5. The van der Waals surface area contributed by atoms with Crippen LogP contribution in [0, 0.1) is 0 Å². The summed E-state index contributed by atoms with van der Waals surface area (Å²) in [6, 6.07) is 1.68. The van der Waals surface area contributed by atoms with Gasteiger partial charge in [-0.3, -0.25) is 4.57 Å². The first kappa shape index (κ1) is 12.1. The zero-order valence-electron chi connectivity index (χ0n) is 9.00. The lowest BCUT2D eigenvalue weighted by molar-refractivity contribution is 0.563. The maximum Gasteiger partial charge on any atom is 0.296 e. The highest BCUT2D eigenvalue weighted by molar-refractivity contribution is 8.13. The van der Waals surface area contributed by atoms with Gasteiger partial charge in [-0.2, -0.15) is 0 Å². The minimum atomic E-state index is -3.89. The van der Waals surface area contributed by atoms with Gasteiger partial charge in [-0.15, -0.1) is 10.2 Å². The highest BCUT2D eigenvalue weighted by atomic mass is 35.7. The summed E-state index contributed by atoms with van der Waals surface area (Å²) in [6.07, 6.45) is 3.69. The number of aromatic nitrogens is 3. The van der Waals surface area contributed by atoms with Gasteiger partial charge >= 0.3 is 0 Å². The molecule has 0 spiro atoms. The first-order chi connectivity index (χ1) is 8.04. The molecular formula is C9H10ClN3O3S. The highest BCUT2D eigenvalue weighted by Crippen LogP contribution is 2.22. The zero-order valence-corrected chi connectivity index (χ0v) is 10.6. The van der Waals surface area contributed by atoms with E-state index in [0.717, 1.165) is 6.42 Å². The first-order valence-electron chi connectivity index (χ1n) is 4.94. The second-order valence-electron chi connectivity index (χ2n) is 3.41. The third-order valence-corrected chi connectivity index (χ3v) is 3.31. The molecule has 2 rings (SSSR count). The third-order valence-electron chi connectivity index (χ3n) is 2.16. The molecule has 17 heavy (non-hydrogen) atoms. The summed E-state index contributed by atoms with van der Waals surface area (Å²) in [4.78, 5) is 0. The van der Waals surface area contributed by atoms with Crippen LogP contribution in [0.25, 0.3) is 11.4 Å². The third kappa shape index (κ3) is 2.34. The van der Waals surface area contributed by atoms with E-state index < -0.39 is 9.05 Å². The molecule has 2 aromatic rings. The molecule has 0 aromatic carbocycles. The molecule has 0 N–H and O–H groups in total. The van der Waals surface area contributed by atoms with Crippen molar-refractivity contribution in [2.75, 3.05) is 0 Å². The van der Waals surface area contributed by atoms with Crippen LogP contribution in [0.2, 0.25) is 0 Å². The Morgan fingerprint density at radius 2 is 2.24 bits per heavy atom. The molecular weight excluding hydrogens is 266 g/mol. The molecule has 0 radical (unpaired) electrons.